The van der Waals surface area contributed by atoms with E-state index in [0.717, 1.165) is 18.5 Å². The summed E-state index contributed by atoms with van der Waals surface area (Å²) in [5, 5.41) is 3.65. The molecule has 2 N–H and O–H groups in total. The van der Waals surface area contributed by atoms with Crippen molar-refractivity contribution < 1.29 is 19.1 Å². The Hall–Kier alpha value is -2.54. The number of nitrogens with one attached hydrogen (secondary N) is 2. The summed E-state index contributed by atoms with van der Waals surface area (Å²) < 4.78 is 10.1. The fourth-order valence-electron chi connectivity index (χ4n) is 3.99. The lowest BCUT2D eigenvalue weighted by molar-refractivity contribution is -0.117. The number of aromatic amines is 1. The van der Waals surface area contributed by atoms with E-state index in [1.165, 1.54) is 13.5 Å². The van der Waals surface area contributed by atoms with Gasteiger partial charge in [-0.25, -0.2) is 4.79 Å². The van der Waals surface area contributed by atoms with Crippen LogP contribution in [0.3, 0.4) is 0 Å². The number of H-pyrrole nitrogens is 1. The van der Waals surface area contributed by atoms with Gasteiger partial charge >= 0.3 is 5.97 Å². The number of methoxy groups -OCH3 is 2. The number of amides is 1. The number of benzene rings is 1. The summed E-state index contributed by atoms with van der Waals surface area (Å²) in [6.45, 7) is 6.55. The van der Waals surface area contributed by atoms with E-state index in [2.05, 4.69) is 29.0 Å². The number of hydrogen-bond donors (Lipinski definition) is 2. The minimum Gasteiger partial charge on any atom is -0.497 e. The van der Waals surface area contributed by atoms with Crippen LogP contribution in [0, 0.1) is 11.8 Å². The monoisotopic (exact) mass is 373 g/mol. The highest BCUT2D eigenvalue weighted by atomic mass is 16.5. The zero-order chi connectivity index (χ0) is 19.6. The number of piperidine rings is 1. The van der Waals surface area contributed by atoms with Gasteiger partial charge in [0, 0.05) is 24.5 Å². The van der Waals surface area contributed by atoms with Gasteiger partial charge in [-0.3, -0.25) is 9.69 Å². The summed E-state index contributed by atoms with van der Waals surface area (Å²) in [7, 11) is 2.89. The van der Waals surface area contributed by atoms with Gasteiger partial charge in [0.05, 0.1) is 32.0 Å². The first-order valence-electron chi connectivity index (χ1n) is 9.21. The molecule has 1 aromatic heterocycles. The number of aromatic nitrogens is 1. The largest absolute Gasteiger partial charge is 0.497 e. The molecule has 1 aromatic carbocycles. The van der Waals surface area contributed by atoms with Gasteiger partial charge < -0.3 is 19.8 Å². The molecule has 1 amide bonds. The highest BCUT2D eigenvalue weighted by molar-refractivity contribution is 6.11. The Balaban J connectivity index is 1.84. The maximum absolute atomic E-state index is 12.7. The Morgan fingerprint density at radius 3 is 2.56 bits per heavy atom. The lowest BCUT2D eigenvalue weighted by Crippen LogP contribution is -2.42. The molecule has 0 bridgehead atoms. The maximum atomic E-state index is 12.7. The smallest absolute Gasteiger partial charge is 0.356 e. The van der Waals surface area contributed by atoms with Crippen LogP contribution in [0.4, 0.5) is 5.69 Å². The Labute approximate surface area is 159 Å². The summed E-state index contributed by atoms with van der Waals surface area (Å²) in [5.74, 6) is 1.15. The molecule has 0 radical (unpaired) electrons. The molecule has 0 saturated carbocycles. The van der Waals surface area contributed by atoms with Crippen LogP contribution in [0.15, 0.2) is 18.2 Å². The number of carbonyl (C=O) groups is 2. The summed E-state index contributed by atoms with van der Waals surface area (Å²) in [6.07, 6.45) is 1.19. The van der Waals surface area contributed by atoms with Gasteiger partial charge in [0.2, 0.25) is 5.91 Å². The third-order valence-electron chi connectivity index (χ3n) is 4.97. The zero-order valence-electron chi connectivity index (χ0n) is 16.3. The lowest BCUT2D eigenvalue weighted by atomic mass is 9.92. The van der Waals surface area contributed by atoms with Crippen molar-refractivity contribution in [1.82, 2.24) is 9.88 Å². The number of rotatable bonds is 5. The van der Waals surface area contributed by atoms with Crippen molar-refractivity contribution in [2.24, 2.45) is 11.8 Å². The van der Waals surface area contributed by atoms with E-state index in [0.29, 0.717) is 35.3 Å². The number of anilines is 1. The van der Waals surface area contributed by atoms with E-state index in [-0.39, 0.29) is 11.6 Å². The van der Waals surface area contributed by atoms with Crippen LogP contribution in [-0.4, -0.2) is 55.6 Å². The van der Waals surface area contributed by atoms with E-state index >= 15 is 0 Å². The summed E-state index contributed by atoms with van der Waals surface area (Å²) in [5.41, 5.74) is 1.38. The quantitative estimate of drug-likeness (QED) is 0.788. The van der Waals surface area contributed by atoms with Crippen molar-refractivity contribution in [3.8, 4) is 5.75 Å². The molecular weight excluding hydrogens is 346 g/mol. The number of esters is 1. The van der Waals surface area contributed by atoms with Crippen molar-refractivity contribution in [1.29, 1.82) is 0 Å². The number of carbonyl (C=O) groups excluding carboxylic acids is 2. The average molecular weight is 373 g/mol. The van der Waals surface area contributed by atoms with Crippen molar-refractivity contribution in [3.05, 3.63) is 23.9 Å². The summed E-state index contributed by atoms with van der Waals surface area (Å²) in [4.78, 5) is 30.0. The maximum Gasteiger partial charge on any atom is 0.356 e. The molecule has 27 heavy (non-hydrogen) atoms. The normalized spacial score (nSPS) is 20.4. The Morgan fingerprint density at radius 2 is 1.93 bits per heavy atom. The molecule has 1 aliphatic heterocycles. The molecule has 1 aliphatic rings. The second kappa shape index (κ2) is 8.00. The van der Waals surface area contributed by atoms with Crippen molar-refractivity contribution in [2.75, 3.05) is 39.2 Å². The number of fused-ring (bicyclic) bond motifs is 1. The van der Waals surface area contributed by atoms with E-state index in [1.54, 1.807) is 19.2 Å². The SMILES string of the molecule is COC(=O)c1[nH]c2cc(OC)ccc2c1NC(=O)CN1C[C@H](C)C[C@@H](C)C1. The highest BCUT2D eigenvalue weighted by Gasteiger charge is 2.25. The molecule has 3 rings (SSSR count). The van der Waals surface area contributed by atoms with Crippen LogP contribution in [-0.2, 0) is 9.53 Å². The first kappa shape index (κ1) is 19.2. The van der Waals surface area contributed by atoms with Crippen LogP contribution < -0.4 is 10.1 Å². The van der Waals surface area contributed by atoms with Crippen LogP contribution in [0.25, 0.3) is 10.9 Å². The number of hydrogen-bond acceptors (Lipinski definition) is 5. The topological polar surface area (TPSA) is 83.7 Å². The molecule has 7 heteroatoms. The standard InChI is InChI=1S/C20H27N3O4/c1-12-7-13(2)10-23(9-12)11-17(24)22-18-15-6-5-14(26-3)8-16(15)21-19(18)20(25)27-4/h5-6,8,12-13,21H,7,9-11H2,1-4H3,(H,22,24)/t12-,13-/m1/s1. The summed E-state index contributed by atoms with van der Waals surface area (Å²) in [6, 6.07) is 5.39. The molecule has 2 atom stereocenters. The molecule has 1 saturated heterocycles. The van der Waals surface area contributed by atoms with Gasteiger partial charge in [0.1, 0.15) is 11.4 Å². The van der Waals surface area contributed by atoms with E-state index < -0.39 is 5.97 Å². The molecule has 2 heterocycles. The van der Waals surface area contributed by atoms with E-state index in [1.807, 2.05) is 6.07 Å². The van der Waals surface area contributed by atoms with Gasteiger partial charge in [-0.2, -0.15) is 0 Å². The fraction of sp³-hybridized carbons (Fsp3) is 0.500. The minimum absolute atomic E-state index is 0.141. The van der Waals surface area contributed by atoms with Gasteiger partial charge in [0.25, 0.3) is 0 Å². The predicted octanol–water partition coefficient (Wildman–Crippen LogP) is 2.88. The Morgan fingerprint density at radius 1 is 1.22 bits per heavy atom. The van der Waals surface area contributed by atoms with Crippen LogP contribution >= 0.6 is 0 Å². The average Bonchev–Trinajstić information content (AvgIpc) is 2.97. The van der Waals surface area contributed by atoms with Crippen LogP contribution in [0.2, 0.25) is 0 Å². The number of nitrogens with zero attached hydrogens (tertiary/aromatic N) is 1. The van der Waals surface area contributed by atoms with Crippen LogP contribution in [0.1, 0.15) is 30.8 Å². The van der Waals surface area contributed by atoms with E-state index in [9.17, 15) is 9.59 Å². The highest BCUT2D eigenvalue weighted by Crippen LogP contribution is 2.31. The Bertz CT molecular complexity index is 835. The molecule has 0 unspecified atom stereocenters. The molecule has 2 aromatic rings. The predicted molar refractivity (Wildman–Crippen MR) is 104 cm³/mol. The van der Waals surface area contributed by atoms with Crippen LogP contribution in [0.5, 0.6) is 5.75 Å². The minimum atomic E-state index is -0.527. The fourth-order valence-corrected chi connectivity index (χ4v) is 3.99. The first-order valence-corrected chi connectivity index (χ1v) is 9.21. The molecule has 1 fully saturated rings. The Kier molecular flexibility index (Phi) is 5.70. The third-order valence-corrected chi connectivity index (χ3v) is 4.97. The number of likely N-dealkylation sites (tertiary alicyclic amines) is 1. The van der Waals surface area contributed by atoms with Crippen molar-refractivity contribution in [3.63, 3.8) is 0 Å². The molecule has 0 aliphatic carbocycles. The summed E-state index contributed by atoms with van der Waals surface area (Å²) >= 11 is 0. The molecule has 0 spiro atoms. The molecule has 7 nitrogen and oxygen atoms in total. The third kappa shape index (κ3) is 4.24. The second-order valence-electron chi connectivity index (χ2n) is 7.47. The van der Waals surface area contributed by atoms with E-state index in [4.69, 9.17) is 9.47 Å². The van der Waals surface area contributed by atoms with Crippen molar-refractivity contribution >= 4 is 28.5 Å². The van der Waals surface area contributed by atoms with Gasteiger partial charge in [0.15, 0.2) is 0 Å². The van der Waals surface area contributed by atoms with Gasteiger partial charge in [-0.15, -0.1) is 0 Å². The number of ether oxygens (including phenoxy) is 2. The molecular formula is C20H27N3O4. The first-order chi connectivity index (χ1) is 12.9. The van der Waals surface area contributed by atoms with Gasteiger partial charge in [-0.1, -0.05) is 13.8 Å². The van der Waals surface area contributed by atoms with Crippen molar-refractivity contribution in [2.45, 2.75) is 20.3 Å². The lowest BCUT2D eigenvalue weighted by Gasteiger charge is -2.34. The van der Waals surface area contributed by atoms with Gasteiger partial charge in [-0.05, 0) is 30.4 Å². The second-order valence-corrected chi connectivity index (χ2v) is 7.47. The molecule has 146 valence electrons. The zero-order valence-corrected chi connectivity index (χ0v) is 16.3.